The largest absolute Gasteiger partial charge is 0.324 e. The minimum Gasteiger partial charge on any atom is -0.258 e. The molecule has 1 heterocycles. The van der Waals surface area contributed by atoms with E-state index in [0.29, 0.717) is 11.8 Å². The first kappa shape index (κ1) is 11.1. The monoisotopic (exact) mass is 289 g/mol. The first-order chi connectivity index (χ1) is 6.98. The van der Waals surface area contributed by atoms with Crippen molar-refractivity contribution in [2.45, 2.75) is 19.8 Å². The molecule has 82 valence electrons. The molecule has 3 nitrogen and oxygen atoms in total. The Kier molecular flexibility index (Phi) is 2.63. The summed E-state index contributed by atoms with van der Waals surface area (Å²) in [5, 5.41) is 13.7. The van der Waals surface area contributed by atoms with E-state index in [-0.39, 0.29) is 15.3 Å². The van der Waals surface area contributed by atoms with Gasteiger partial charge in [0.25, 0.3) is 0 Å². The summed E-state index contributed by atoms with van der Waals surface area (Å²) in [5.41, 5.74) is 1.40. The van der Waals surface area contributed by atoms with E-state index in [4.69, 9.17) is 0 Å². The van der Waals surface area contributed by atoms with Gasteiger partial charge < -0.3 is 0 Å². The minimum atomic E-state index is -0.313. The summed E-state index contributed by atoms with van der Waals surface area (Å²) in [6.45, 7) is 4.43. The van der Waals surface area contributed by atoms with Gasteiger partial charge in [0.1, 0.15) is 0 Å². The summed E-state index contributed by atoms with van der Waals surface area (Å²) < 4.78 is 0. The van der Waals surface area contributed by atoms with Crippen LogP contribution in [0.15, 0.2) is 11.4 Å². The normalized spacial score (nSPS) is 27.7. The molecular formula is C10H12BrNO2S. The molecule has 2 rings (SSSR count). The number of nitro groups is 1. The fraction of sp³-hybridized carbons (Fsp3) is 0.600. The Morgan fingerprint density at radius 1 is 1.67 bits per heavy atom. The molecule has 1 fully saturated rings. The molecule has 0 N–H and O–H groups in total. The third kappa shape index (κ3) is 1.72. The van der Waals surface area contributed by atoms with Crippen molar-refractivity contribution in [3.63, 3.8) is 0 Å². The fourth-order valence-electron chi connectivity index (χ4n) is 2.29. The minimum absolute atomic E-state index is 0.251. The molecule has 1 aliphatic rings. The van der Waals surface area contributed by atoms with E-state index < -0.39 is 0 Å². The molecule has 1 aliphatic carbocycles. The van der Waals surface area contributed by atoms with E-state index in [1.54, 1.807) is 6.07 Å². The zero-order chi connectivity index (χ0) is 11.2. The highest BCUT2D eigenvalue weighted by molar-refractivity contribution is 9.09. The van der Waals surface area contributed by atoms with E-state index in [0.717, 1.165) is 10.9 Å². The maximum atomic E-state index is 10.6. The average Bonchev–Trinajstić information content (AvgIpc) is 2.58. The van der Waals surface area contributed by atoms with Crippen molar-refractivity contribution in [1.29, 1.82) is 0 Å². The van der Waals surface area contributed by atoms with Crippen molar-refractivity contribution >= 4 is 32.3 Å². The number of rotatable bonds is 3. The van der Waals surface area contributed by atoms with Crippen LogP contribution in [-0.4, -0.2) is 10.3 Å². The molecule has 5 heteroatoms. The Balaban J connectivity index is 2.22. The van der Waals surface area contributed by atoms with Crippen molar-refractivity contribution in [2.75, 3.05) is 5.33 Å². The second-order valence-corrected chi connectivity index (χ2v) is 6.07. The average molecular weight is 290 g/mol. The zero-order valence-corrected chi connectivity index (χ0v) is 11.0. The summed E-state index contributed by atoms with van der Waals surface area (Å²) in [6.07, 6.45) is 0. The Labute approximate surface area is 101 Å². The SMILES string of the molecule is CC1(C)C(CBr)C1c1csc([N+](=O)[O-])c1. The first-order valence-electron chi connectivity index (χ1n) is 4.77. The Morgan fingerprint density at radius 3 is 2.73 bits per heavy atom. The smallest absolute Gasteiger partial charge is 0.258 e. The standard InChI is InChI=1S/C10H12BrNO2S/c1-10(2)7(4-11)9(10)6-3-8(12(13)14)15-5-6/h3,5,7,9H,4H2,1-2H3. The predicted molar refractivity (Wildman–Crippen MR) is 64.8 cm³/mol. The number of thiophene rings is 1. The molecule has 0 radical (unpaired) electrons. The van der Waals surface area contributed by atoms with Crippen LogP contribution in [-0.2, 0) is 0 Å². The van der Waals surface area contributed by atoms with Crippen molar-refractivity contribution < 1.29 is 4.92 Å². The maximum absolute atomic E-state index is 10.6. The van der Waals surface area contributed by atoms with Gasteiger partial charge in [-0.15, -0.1) is 0 Å². The Hall–Kier alpha value is -0.420. The van der Waals surface area contributed by atoms with Crippen molar-refractivity contribution in [3.05, 3.63) is 27.1 Å². The number of nitrogens with zero attached hydrogens (tertiary/aromatic N) is 1. The van der Waals surface area contributed by atoms with Gasteiger partial charge in [0.15, 0.2) is 0 Å². The van der Waals surface area contributed by atoms with Crippen LogP contribution in [0.25, 0.3) is 0 Å². The number of hydrogen-bond donors (Lipinski definition) is 0. The summed E-state index contributed by atoms with van der Waals surface area (Å²) in [7, 11) is 0. The Morgan fingerprint density at radius 2 is 2.33 bits per heavy atom. The lowest BCUT2D eigenvalue weighted by Gasteiger charge is -1.98. The lowest BCUT2D eigenvalue weighted by Crippen LogP contribution is -1.90. The van der Waals surface area contributed by atoms with Crippen LogP contribution >= 0.6 is 27.3 Å². The molecule has 0 bridgehead atoms. The van der Waals surface area contributed by atoms with E-state index in [9.17, 15) is 10.1 Å². The van der Waals surface area contributed by atoms with Gasteiger partial charge >= 0.3 is 5.00 Å². The molecule has 15 heavy (non-hydrogen) atoms. The lowest BCUT2D eigenvalue weighted by atomic mass is 10.1. The predicted octanol–water partition coefficient (Wildman–Crippen LogP) is 3.79. The van der Waals surface area contributed by atoms with Crippen molar-refractivity contribution in [2.24, 2.45) is 11.3 Å². The quantitative estimate of drug-likeness (QED) is 0.483. The van der Waals surface area contributed by atoms with Crippen LogP contribution in [0.3, 0.4) is 0 Å². The van der Waals surface area contributed by atoms with Gasteiger partial charge in [-0.25, -0.2) is 0 Å². The van der Waals surface area contributed by atoms with Crippen LogP contribution in [0.1, 0.15) is 25.3 Å². The molecule has 0 aliphatic heterocycles. The van der Waals surface area contributed by atoms with Crippen LogP contribution < -0.4 is 0 Å². The molecule has 0 aromatic carbocycles. The lowest BCUT2D eigenvalue weighted by molar-refractivity contribution is -0.380. The topological polar surface area (TPSA) is 43.1 Å². The van der Waals surface area contributed by atoms with E-state index in [2.05, 4.69) is 29.8 Å². The third-order valence-electron chi connectivity index (χ3n) is 3.36. The summed E-state index contributed by atoms with van der Waals surface area (Å²) in [4.78, 5) is 10.3. The van der Waals surface area contributed by atoms with E-state index in [1.165, 1.54) is 11.3 Å². The first-order valence-corrected chi connectivity index (χ1v) is 6.77. The van der Waals surface area contributed by atoms with Gasteiger partial charge in [-0.2, -0.15) is 0 Å². The van der Waals surface area contributed by atoms with Crippen molar-refractivity contribution in [3.8, 4) is 0 Å². The van der Waals surface area contributed by atoms with E-state index in [1.807, 2.05) is 5.38 Å². The van der Waals surface area contributed by atoms with Crippen LogP contribution in [0.4, 0.5) is 5.00 Å². The van der Waals surface area contributed by atoms with Crippen molar-refractivity contribution in [1.82, 2.24) is 0 Å². The molecule has 0 amide bonds. The molecule has 1 aromatic rings. The molecule has 1 aromatic heterocycles. The molecule has 2 unspecified atom stereocenters. The molecule has 2 atom stereocenters. The number of halogens is 1. The zero-order valence-electron chi connectivity index (χ0n) is 8.57. The van der Waals surface area contributed by atoms with Gasteiger partial charge in [-0.05, 0) is 22.8 Å². The highest BCUT2D eigenvalue weighted by Crippen LogP contribution is 2.65. The molecule has 0 saturated heterocycles. The number of alkyl halides is 1. The van der Waals surface area contributed by atoms with Crippen LogP contribution in [0.5, 0.6) is 0 Å². The molecule has 1 saturated carbocycles. The second kappa shape index (κ2) is 3.56. The fourth-order valence-corrected chi connectivity index (χ4v) is 4.26. The van der Waals surface area contributed by atoms with E-state index >= 15 is 0 Å². The molecular weight excluding hydrogens is 278 g/mol. The van der Waals surface area contributed by atoms with Crippen LogP contribution in [0, 0.1) is 21.4 Å². The van der Waals surface area contributed by atoms with Crippen LogP contribution in [0.2, 0.25) is 0 Å². The second-order valence-electron chi connectivity index (χ2n) is 4.54. The van der Waals surface area contributed by atoms with Gasteiger partial charge in [0, 0.05) is 16.8 Å². The maximum Gasteiger partial charge on any atom is 0.324 e. The summed E-state index contributed by atoms with van der Waals surface area (Å²) in [6, 6.07) is 1.72. The number of hydrogen-bond acceptors (Lipinski definition) is 3. The van der Waals surface area contributed by atoms with Gasteiger partial charge in [0.2, 0.25) is 0 Å². The van der Waals surface area contributed by atoms with Gasteiger partial charge in [0.05, 0.1) is 4.92 Å². The molecule has 0 spiro atoms. The summed E-state index contributed by atoms with van der Waals surface area (Å²) >= 11 is 4.72. The Bertz CT molecular complexity index is 402. The summed E-state index contributed by atoms with van der Waals surface area (Å²) in [5.74, 6) is 1.08. The third-order valence-corrected chi connectivity index (χ3v) is 4.96. The van der Waals surface area contributed by atoms with Gasteiger partial charge in [-0.3, -0.25) is 10.1 Å². The van der Waals surface area contributed by atoms with Gasteiger partial charge in [-0.1, -0.05) is 41.1 Å². The highest BCUT2D eigenvalue weighted by Gasteiger charge is 2.57. The highest BCUT2D eigenvalue weighted by atomic mass is 79.9.